The molecule has 2 aliphatic heterocycles. The number of nitrogens with one attached hydrogen (secondary N) is 3. The molecule has 2 aliphatic rings. The van der Waals surface area contributed by atoms with Gasteiger partial charge in [0.1, 0.15) is 21.8 Å². The fourth-order valence-electron chi connectivity index (χ4n) is 6.98. The van der Waals surface area contributed by atoms with Crippen molar-refractivity contribution in [3.63, 3.8) is 0 Å². The second-order valence-electron chi connectivity index (χ2n) is 13.9. The third-order valence-electron chi connectivity index (χ3n) is 9.95. The van der Waals surface area contributed by atoms with Crippen LogP contribution >= 0.6 is 22.7 Å². The highest BCUT2D eigenvalue weighted by Crippen LogP contribution is 2.33. The van der Waals surface area contributed by atoms with Crippen molar-refractivity contribution in [3.8, 4) is 5.75 Å². The van der Waals surface area contributed by atoms with Gasteiger partial charge in [-0.2, -0.15) is 0 Å². The molecule has 0 aliphatic carbocycles. The summed E-state index contributed by atoms with van der Waals surface area (Å²) in [6.07, 6.45) is 7.73. The Kier molecular flexibility index (Phi) is 12.1. The number of aromatic amines is 1. The molecule has 5 heterocycles. The first-order valence-electron chi connectivity index (χ1n) is 18.5. The van der Waals surface area contributed by atoms with E-state index in [4.69, 9.17) is 14.7 Å². The third kappa shape index (κ3) is 9.24. The fourth-order valence-corrected chi connectivity index (χ4v) is 9.08. The second kappa shape index (κ2) is 17.3. The van der Waals surface area contributed by atoms with E-state index in [2.05, 4.69) is 125 Å². The number of ether oxygens (including phenoxy) is 1. The van der Waals surface area contributed by atoms with Crippen LogP contribution in [0.15, 0.2) is 91.1 Å². The molecule has 2 fully saturated rings. The molecule has 0 spiro atoms. The summed E-state index contributed by atoms with van der Waals surface area (Å²) in [5.74, 6) is 0.940. The van der Waals surface area contributed by atoms with Gasteiger partial charge in [0.25, 0.3) is 0 Å². The number of para-hydroxylation sites is 2. The molecule has 0 amide bonds. The minimum Gasteiger partial charge on any atom is -0.494 e. The fraction of sp³-hybridized carbons (Fsp3) is 0.415. The lowest BCUT2D eigenvalue weighted by molar-refractivity contribution is 0.228. The lowest BCUT2D eigenvalue weighted by Gasteiger charge is -2.32. The first-order chi connectivity index (χ1) is 25.0. The molecule has 2 unspecified atom stereocenters. The largest absolute Gasteiger partial charge is 0.494 e. The Labute approximate surface area is 310 Å². The van der Waals surface area contributed by atoms with Crippen LogP contribution in [0.2, 0.25) is 0 Å². The van der Waals surface area contributed by atoms with Gasteiger partial charge in [0.05, 0.1) is 33.1 Å². The molecule has 0 saturated carbocycles. The number of likely N-dealkylation sites (tertiary alicyclic amines) is 2. The number of piperidine rings is 2. The Morgan fingerprint density at radius 2 is 1.29 bits per heavy atom. The molecule has 0 bridgehead atoms. The molecular formula is C41H51N7OS2. The van der Waals surface area contributed by atoms with Crippen LogP contribution in [0.1, 0.15) is 72.4 Å². The highest BCUT2D eigenvalue weighted by Gasteiger charge is 2.26. The van der Waals surface area contributed by atoms with E-state index in [0.29, 0.717) is 12.1 Å². The lowest BCUT2D eigenvalue weighted by atomic mass is 10.0. The Hall–Kier alpha value is -3.64. The van der Waals surface area contributed by atoms with E-state index in [1.165, 1.54) is 46.3 Å². The predicted molar refractivity (Wildman–Crippen MR) is 213 cm³/mol. The van der Waals surface area contributed by atoms with E-state index in [9.17, 15) is 0 Å². The summed E-state index contributed by atoms with van der Waals surface area (Å²) in [6.45, 7) is 7.49. The predicted octanol–water partition coefficient (Wildman–Crippen LogP) is 8.26. The van der Waals surface area contributed by atoms with Crippen LogP contribution in [-0.4, -0.2) is 83.7 Å². The van der Waals surface area contributed by atoms with Crippen molar-refractivity contribution in [3.05, 3.63) is 112 Å². The Bertz CT molecular complexity index is 1870. The molecule has 0 radical (unpaired) electrons. The zero-order valence-electron chi connectivity index (χ0n) is 30.1. The number of hydrogen-bond acceptors (Lipinski definition) is 9. The summed E-state index contributed by atoms with van der Waals surface area (Å²) in [4.78, 5) is 18.0. The van der Waals surface area contributed by atoms with E-state index in [-0.39, 0.29) is 12.1 Å². The number of nitrogens with zero attached hydrogens (tertiary/aromatic N) is 4. The molecule has 2 saturated heterocycles. The van der Waals surface area contributed by atoms with E-state index in [1.54, 1.807) is 22.7 Å². The first-order valence-corrected chi connectivity index (χ1v) is 20.1. The van der Waals surface area contributed by atoms with Gasteiger partial charge in [0, 0.05) is 24.0 Å². The summed E-state index contributed by atoms with van der Waals surface area (Å²) in [7, 11) is 4.40. The van der Waals surface area contributed by atoms with Crippen molar-refractivity contribution in [1.82, 2.24) is 35.4 Å². The molecule has 268 valence electrons. The zero-order valence-corrected chi connectivity index (χ0v) is 31.7. The van der Waals surface area contributed by atoms with Crippen molar-refractivity contribution in [2.45, 2.75) is 63.2 Å². The number of rotatable bonds is 11. The molecule has 3 aromatic carbocycles. The summed E-state index contributed by atoms with van der Waals surface area (Å²) < 4.78 is 8.39. The van der Waals surface area contributed by atoms with Crippen LogP contribution < -0.4 is 15.4 Å². The van der Waals surface area contributed by atoms with E-state index >= 15 is 0 Å². The molecule has 6 aromatic rings. The lowest BCUT2D eigenvalue weighted by Crippen LogP contribution is -2.42. The molecule has 2 atom stereocenters. The number of hydrogen-bond donors (Lipinski definition) is 3. The monoisotopic (exact) mass is 721 g/mol. The summed E-state index contributed by atoms with van der Waals surface area (Å²) >= 11 is 3.58. The van der Waals surface area contributed by atoms with E-state index in [1.807, 2.05) is 12.3 Å². The normalized spacial score (nSPS) is 17.7. The average molecular weight is 722 g/mol. The van der Waals surface area contributed by atoms with Gasteiger partial charge in [-0.25, -0.2) is 9.97 Å². The van der Waals surface area contributed by atoms with Crippen LogP contribution in [0.25, 0.3) is 20.4 Å². The van der Waals surface area contributed by atoms with Crippen molar-refractivity contribution in [2.24, 2.45) is 0 Å². The Balaban J connectivity index is 0.000000162. The van der Waals surface area contributed by atoms with Crippen molar-refractivity contribution in [1.29, 1.82) is 0 Å². The van der Waals surface area contributed by atoms with Gasteiger partial charge in [0.15, 0.2) is 0 Å². The van der Waals surface area contributed by atoms with Gasteiger partial charge < -0.3 is 30.2 Å². The maximum atomic E-state index is 5.89. The van der Waals surface area contributed by atoms with Gasteiger partial charge in [-0.15, -0.1) is 22.7 Å². The van der Waals surface area contributed by atoms with Crippen LogP contribution in [-0.2, 0) is 0 Å². The van der Waals surface area contributed by atoms with Crippen LogP contribution in [0, 0.1) is 0 Å². The van der Waals surface area contributed by atoms with Crippen molar-refractivity contribution < 1.29 is 4.74 Å². The molecule has 8 rings (SSSR count). The van der Waals surface area contributed by atoms with E-state index in [0.717, 1.165) is 66.0 Å². The van der Waals surface area contributed by atoms with Crippen molar-refractivity contribution in [2.75, 3.05) is 46.9 Å². The summed E-state index contributed by atoms with van der Waals surface area (Å²) in [5.41, 5.74) is 4.60. The van der Waals surface area contributed by atoms with Gasteiger partial charge >= 0.3 is 0 Å². The third-order valence-corrected chi connectivity index (χ3v) is 12.2. The van der Waals surface area contributed by atoms with Crippen LogP contribution in [0.3, 0.4) is 0 Å². The highest BCUT2D eigenvalue weighted by atomic mass is 32.1. The number of H-pyrrole nitrogens is 1. The Morgan fingerprint density at radius 1 is 0.725 bits per heavy atom. The number of fused-ring (bicyclic) bond motifs is 2. The van der Waals surface area contributed by atoms with Gasteiger partial charge in [-0.3, -0.25) is 0 Å². The maximum absolute atomic E-state index is 5.89. The molecule has 51 heavy (non-hydrogen) atoms. The van der Waals surface area contributed by atoms with Crippen molar-refractivity contribution >= 4 is 43.1 Å². The second-order valence-corrected chi connectivity index (χ2v) is 16.1. The van der Waals surface area contributed by atoms with Gasteiger partial charge in [-0.05, 0) is 126 Å². The van der Waals surface area contributed by atoms with Gasteiger partial charge in [0.2, 0.25) is 0 Å². The molecule has 10 heteroatoms. The summed E-state index contributed by atoms with van der Waals surface area (Å²) in [6, 6.07) is 30.8. The smallest absolute Gasteiger partial charge is 0.119 e. The molecule has 8 nitrogen and oxygen atoms in total. The number of thiazole rings is 2. The van der Waals surface area contributed by atoms with Crippen LogP contribution in [0.5, 0.6) is 5.75 Å². The number of aromatic nitrogens is 3. The Morgan fingerprint density at radius 3 is 1.84 bits per heavy atom. The minimum absolute atomic E-state index is 0.0935. The van der Waals surface area contributed by atoms with E-state index < -0.39 is 0 Å². The zero-order chi connectivity index (χ0) is 35.0. The summed E-state index contributed by atoms with van der Waals surface area (Å²) in [5, 5.41) is 10.0. The molecule has 3 aromatic heterocycles. The topological polar surface area (TPSA) is 81.3 Å². The maximum Gasteiger partial charge on any atom is 0.119 e. The standard InChI is InChI=1S/C23H29N3OS.C18H22N4S/c1-3-15-27-19-8-6-7-17(16-19)22(24-18-11-13-26(2)14-12-18)23-25-20-9-4-5-10-21(20)28-23;1-22-11-8-13(9-12-22)20-17(15-6-4-10-19-15)18-21-14-5-2-3-7-16(14)23-18/h4-10,16,18,22,24H,3,11-15H2,1-2H3;2-7,10,13,17,19-20H,8-9,11-12H2,1H3. The highest BCUT2D eigenvalue weighted by molar-refractivity contribution is 7.19. The molecule has 3 N–H and O–H groups in total. The van der Waals surface area contributed by atoms with Gasteiger partial charge in [-0.1, -0.05) is 43.3 Å². The molecular weight excluding hydrogens is 671 g/mol. The SMILES string of the molecule is CCCOc1cccc(C(NC2CCN(C)CC2)c2nc3ccccc3s2)c1.CN1CCC(NC(c2ccc[nH]2)c2nc3ccccc3s2)CC1. The quantitative estimate of drug-likeness (QED) is 0.124. The first kappa shape index (κ1) is 35.7. The average Bonchev–Trinajstić information content (AvgIpc) is 3.94. The van der Waals surface area contributed by atoms with Crippen LogP contribution in [0.4, 0.5) is 0 Å². The number of benzene rings is 3. The minimum atomic E-state index is 0.0935.